The van der Waals surface area contributed by atoms with Gasteiger partial charge in [0.15, 0.2) is 0 Å². The minimum atomic E-state index is 0.329. The normalized spacial score (nSPS) is 17.8. The molecule has 0 aromatic rings. The molecule has 0 fully saturated rings. The number of rotatable bonds is 8. The SMILES string of the molecule is CCCCC(CC)CC(C)(CCl)C(C)C. The Labute approximate surface area is 102 Å². The van der Waals surface area contributed by atoms with Gasteiger partial charge >= 0.3 is 0 Å². The highest BCUT2D eigenvalue weighted by Crippen LogP contribution is 2.37. The number of alkyl halides is 1. The molecule has 0 radical (unpaired) electrons. The molecule has 0 rings (SSSR count). The van der Waals surface area contributed by atoms with Crippen LogP contribution in [0.2, 0.25) is 0 Å². The average molecular weight is 233 g/mol. The highest BCUT2D eigenvalue weighted by atomic mass is 35.5. The molecule has 0 N–H and O–H groups in total. The van der Waals surface area contributed by atoms with E-state index in [0.717, 1.165) is 11.8 Å². The van der Waals surface area contributed by atoms with E-state index >= 15 is 0 Å². The van der Waals surface area contributed by atoms with Gasteiger partial charge in [-0.3, -0.25) is 0 Å². The second-order valence-electron chi connectivity index (χ2n) is 5.56. The molecule has 0 aromatic carbocycles. The Morgan fingerprint density at radius 3 is 2.13 bits per heavy atom. The van der Waals surface area contributed by atoms with Crippen molar-refractivity contribution in [2.75, 3.05) is 5.88 Å². The van der Waals surface area contributed by atoms with Crippen LogP contribution in [0.5, 0.6) is 0 Å². The van der Waals surface area contributed by atoms with E-state index in [1.807, 2.05) is 0 Å². The summed E-state index contributed by atoms with van der Waals surface area (Å²) < 4.78 is 0. The van der Waals surface area contributed by atoms with Crippen molar-refractivity contribution in [3.05, 3.63) is 0 Å². The molecular weight excluding hydrogens is 204 g/mol. The third-order valence-electron chi connectivity index (χ3n) is 4.00. The molecule has 92 valence electrons. The summed E-state index contributed by atoms with van der Waals surface area (Å²) in [6.45, 7) is 11.5. The Morgan fingerprint density at radius 1 is 1.20 bits per heavy atom. The van der Waals surface area contributed by atoms with Crippen LogP contribution in [0.4, 0.5) is 0 Å². The summed E-state index contributed by atoms with van der Waals surface area (Å²) in [6, 6.07) is 0. The lowest BCUT2D eigenvalue weighted by molar-refractivity contribution is 0.182. The van der Waals surface area contributed by atoms with Crippen molar-refractivity contribution in [2.45, 2.75) is 66.7 Å². The molecule has 0 aliphatic rings. The van der Waals surface area contributed by atoms with Gasteiger partial charge in [-0.1, -0.05) is 60.3 Å². The molecule has 15 heavy (non-hydrogen) atoms. The van der Waals surface area contributed by atoms with Gasteiger partial charge in [-0.2, -0.15) is 0 Å². The molecule has 0 amide bonds. The van der Waals surface area contributed by atoms with Crippen LogP contribution in [0.25, 0.3) is 0 Å². The first-order valence-electron chi connectivity index (χ1n) is 6.56. The molecule has 0 bridgehead atoms. The summed E-state index contributed by atoms with van der Waals surface area (Å²) >= 11 is 6.14. The van der Waals surface area contributed by atoms with Crippen LogP contribution >= 0.6 is 11.6 Å². The van der Waals surface area contributed by atoms with E-state index in [9.17, 15) is 0 Å². The van der Waals surface area contributed by atoms with Gasteiger partial charge in [-0.05, 0) is 23.7 Å². The number of hydrogen-bond donors (Lipinski definition) is 0. The zero-order chi connectivity index (χ0) is 11.9. The van der Waals surface area contributed by atoms with E-state index in [1.165, 1.54) is 32.1 Å². The van der Waals surface area contributed by atoms with Crippen molar-refractivity contribution in [1.82, 2.24) is 0 Å². The third-order valence-corrected chi connectivity index (χ3v) is 4.61. The van der Waals surface area contributed by atoms with Crippen molar-refractivity contribution in [2.24, 2.45) is 17.3 Å². The molecule has 1 heteroatoms. The maximum atomic E-state index is 6.14. The van der Waals surface area contributed by atoms with E-state index in [2.05, 4.69) is 34.6 Å². The van der Waals surface area contributed by atoms with Gasteiger partial charge in [0.1, 0.15) is 0 Å². The van der Waals surface area contributed by atoms with Gasteiger partial charge in [0.05, 0.1) is 0 Å². The topological polar surface area (TPSA) is 0 Å². The van der Waals surface area contributed by atoms with Crippen molar-refractivity contribution in [3.63, 3.8) is 0 Å². The summed E-state index contributed by atoms with van der Waals surface area (Å²) in [5.41, 5.74) is 0.329. The molecule has 0 nitrogen and oxygen atoms in total. The summed E-state index contributed by atoms with van der Waals surface area (Å²) in [4.78, 5) is 0. The Hall–Kier alpha value is 0.290. The van der Waals surface area contributed by atoms with Gasteiger partial charge in [0.25, 0.3) is 0 Å². The number of hydrogen-bond acceptors (Lipinski definition) is 0. The van der Waals surface area contributed by atoms with Crippen LogP contribution < -0.4 is 0 Å². The van der Waals surface area contributed by atoms with Gasteiger partial charge in [0, 0.05) is 5.88 Å². The monoisotopic (exact) mass is 232 g/mol. The molecule has 0 spiro atoms. The first-order chi connectivity index (χ1) is 7.00. The van der Waals surface area contributed by atoms with Crippen LogP contribution in [-0.2, 0) is 0 Å². The molecule has 2 atom stereocenters. The lowest BCUT2D eigenvalue weighted by Gasteiger charge is -2.35. The Kier molecular flexibility index (Phi) is 7.69. The standard InChI is InChI=1S/C14H29Cl/c1-6-8-9-13(7-2)10-14(5,11-15)12(3)4/h12-13H,6-11H2,1-5H3. The molecular formula is C14H29Cl. The van der Waals surface area contributed by atoms with E-state index in [-0.39, 0.29) is 0 Å². The smallest absolute Gasteiger partial charge is 0.0279 e. The fourth-order valence-corrected chi connectivity index (χ4v) is 2.47. The molecule has 2 unspecified atom stereocenters. The molecule has 0 saturated heterocycles. The molecule has 0 saturated carbocycles. The zero-order valence-electron chi connectivity index (χ0n) is 11.3. The summed E-state index contributed by atoms with van der Waals surface area (Å²) in [6.07, 6.45) is 6.67. The van der Waals surface area contributed by atoms with E-state index in [1.54, 1.807) is 0 Å². The maximum Gasteiger partial charge on any atom is 0.0279 e. The van der Waals surface area contributed by atoms with Crippen molar-refractivity contribution < 1.29 is 0 Å². The van der Waals surface area contributed by atoms with Gasteiger partial charge in [0.2, 0.25) is 0 Å². The first-order valence-corrected chi connectivity index (χ1v) is 7.09. The predicted octanol–water partition coefficient (Wildman–Crippen LogP) is 5.49. The van der Waals surface area contributed by atoms with Crippen molar-refractivity contribution in [1.29, 1.82) is 0 Å². The second kappa shape index (κ2) is 7.54. The van der Waals surface area contributed by atoms with Gasteiger partial charge in [-0.15, -0.1) is 11.6 Å². The summed E-state index contributed by atoms with van der Waals surface area (Å²) in [7, 11) is 0. The minimum Gasteiger partial charge on any atom is -0.126 e. The first kappa shape index (κ1) is 15.3. The van der Waals surface area contributed by atoms with Crippen LogP contribution in [0.3, 0.4) is 0 Å². The van der Waals surface area contributed by atoms with Crippen LogP contribution in [0.1, 0.15) is 66.7 Å². The zero-order valence-corrected chi connectivity index (χ0v) is 12.0. The van der Waals surface area contributed by atoms with Crippen LogP contribution in [0, 0.1) is 17.3 Å². The third kappa shape index (κ3) is 5.24. The highest BCUT2D eigenvalue weighted by molar-refractivity contribution is 6.18. The molecule has 0 aliphatic carbocycles. The second-order valence-corrected chi connectivity index (χ2v) is 5.83. The Bertz CT molecular complexity index is 153. The largest absolute Gasteiger partial charge is 0.126 e. The lowest BCUT2D eigenvalue weighted by atomic mass is 9.72. The number of halogens is 1. The van der Waals surface area contributed by atoms with Crippen molar-refractivity contribution >= 4 is 11.6 Å². The highest BCUT2D eigenvalue weighted by Gasteiger charge is 2.29. The van der Waals surface area contributed by atoms with E-state index in [0.29, 0.717) is 11.3 Å². The van der Waals surface area contributed by atoms with Gasteiger partial charge in [-0.25, -0.2) is 0 Å². The minimum absolute atomic E-state index is 0.329. The number of unbranched alkanes of at least 4 members (excludes halogenated alkanes) is 1. The van der Waals surface area contributed by atoms with Crippen LogP contribution in [-0.4, -0.2) is 5.88 Å². The predicted molar refractivity (Wildman–Crippen MR) is 71.6 cm³/mol. The maximum absolute atomic E-state index is 6.14. The fraction of sp³-hybridized carbons (Fsp3) is 1.00. The van der Waals surface area contributed by atoms with E-state index < -0.39 is 0 Å². The summed E-state index contributed by atoms with van der Waals surface area (Å²) in [5, 5.41) is 0. The van der Waals surface area contributed by atoms with Gasteiger partial charge < -0.3 is 0 Å². The van der Waals surface area contributed by atoms with Crippen LogP contribution in [0.15, 0.2) is 0 Å². The summed E-state index contributed by atoms with van der Waals surface area (Å²) in [5.74, 6) is 2.36. The lowest BCUT2D eigenvalue weighted by Crippen LogP contribution is -2.28. The van der Waals surface area contributed by atoms with E-state index in [4.69, 9.17) is 11.6 Å². The Morgan fingerprint density at radius 2 is 1.80 bits per heavy atom. The Balaban J connectivity index is 4.23. The fourth-order valence-electron chi connectivity index (χ4n) is 2.05. The molecule has 0 heterocycles. The van der Waals surface area contributed by atoms with Crippen molar-refractivity contribution in [3.8, 4) is 0 Å². The average Bonchev–Trinajstić information content (AvgIpc) is 2.23. The quantitative estimate of drug-likeness (QED) is 0.485. The molecule has 0 aromatic heterocycles. The molecule has 0 aliphatic heterocycles.